The third-order valence-electron chi connectivity index (χ3n) is 5.42. The molecular weight excluding hydrogens is 368 g/mol. The van der Waals surface area contributed by atoms with E-state index in [2.05, 4.69) is 5.32 Å². The molecule has 6 nitrogen and oxygen atoms in total. The number of carbonyl (C=O) groups excluding carboxylic acids is 1. The van der Waals surface area contributed by atoms with Crippen LogP contribution in [0.5, 0.6) is 17.2 Å². The third-order valence-corrected chi connectivity index (χ3v) is 5.66. The van der Waals surface area contributed by atoms with E-state index in [1.165, 1.54) is 0 Å². The number of aromatic hydroxyl groups is 1. The lowest BCUT2D eigenvalue weighted by Crippen LogP contribution is -2.46. The number of hydrogen-bond acceptors (Lipinski definition) is 5. The van der Waals surface area contributed by atoms with Gasteiger partial charge in [0.2, 0.25) is 0 Å². The molecule has 1 amide bonds. The van der Waals surface area contributed by atoms with Crippen LogP contribution in [0.2, 0.25) is 5.02 Å². The fraction of sp³-hybridized carbons (Fsp3) is 0.350. The molecule has 7 heteroatoms. The number of benzene rings is 2. The molecule has 2 unspecified atom stereocenters. The SMILES string of the molecule is CCOC(=O)N1CC2c3cc(O)ccc3Oc3ccc(Cl)cc3C2(NC)C1. The Labute approximate surface area is 162 Å². The molecule has 4 rings (SSSR count). The van der Waals surface area contributed by atoms with Gasteiger partial charge in [-0.05, 0) is 50.4 Å². The highest BCUT2D eigenvalue weighted by atomic mass is 35.5. The van der Waals surface area contributed by atoms with Gasteiger partial charge in [-0.1, -0.05) is 11.6 Å². The summed E-state index contributed by atoms with van der Waals surface area (Å²) in [7, 11) is 1.86. The molecule has 0 saturated carbocycles. The summed E-state index contributed by atoms with van der Waals surface area (Å²) in [4.78, 5) is 14.1. The van der Waals surface area contributed by atoms with Gasteiger partial charge in [0, 0.05) is 35.2 Å². The molecule has 2 N–H and O–H groups in total. The number of phenols is 1. The average molecular weight is 389 g/mol. The van der Waals surface area contributed by atoms with Gasteiger partial charge in [0.15, 0.2) is 0 Å². The number of amides is 1. The molecule has 1 fully saturated rings. The molecule has 0 spiro atoms. The van der Waals surface area contributed by atoms with Gasteiger partial charge in [0.05, 0.1) is 12.1 Å². The number of fused-ring (bicyclic) bond motifs is 5. The van der Waals surface area contributed by atoms with Crippen molar-refractivity contribution in [2.45, 2.75) is 18.4 Å². The van der Waals surface area contributed by atoms with Crippen LogP contribution in [-0.4, -0.2) is 42.8 Å². The quantitative estimate of drug-likeness (QED) is 0.818. The standard InChI is InChI=1S/C20H21ClN2O4/c1-3-26-19(25)23-10-16-14-9-13(24)5-7-17(14)27-18-6-4-12(21)8-15(18)20(16,11-23)22-2/h4-9,16,22,24H,3,10-11H2,1-2H3. The maximum absolute atomic E-state index is 12.5. The normalized spacial score (nSPS) is 22.9. The minimum atomic E-state index is -0.619. The zero-order valence-corrected chi connectivity index (χ0v) is 15.9. The zero-order valence-electron chi connectivity index (χ0n) is 15.2. The van der Waals surface area contributed by atoms with Crippen molar-refractivity contribution in [2.24, 2.45) is 0 Å². The van der Waals surface area contributed by atoms with Crippen LogP contribution in [0.4, 0.5) is 4.79 Å². The Balaban J connectivity index is 1.92. The molecule has 2 atom stereocenters. The van der Waals surface area contributed by atoms with E-state index < -0.39 is 5.54 Å². The average Bonchev–Trinajstić information content (AvgIpc) is 3.01. The lowest BCUT2D eigenvalue weighted by atomic mass is 9.77. The van der Waals surface area contributed by atoms with Crippen molar-refractivity contribution in [3.05, 3.63) is 52.5 Å². The highest BCUT2D eigenvalue weighted by Gasteiger charge is 2.53. The highest BCUT2D eigenvalue weighted by Crippen LogP contribution is 2.53. The second kappa shape index (κ2) is 6.62. The fourth-order valence-corrected chi connectivity index (χ4v) is 4.36. The summed E-state index contributed by atoms with van der Waals surface area (Å²) in [6.45, 7) is 2.94. The van der Waals surface area contributed by atoms with Crippen LogP contribution in [0.25, 0.3) is 0 Å². The molecule has 1 saturated heterocycles. The van der Waals surface area contributed by atoms with Crippen molar-refractivity contribution < 1.29 is 19.4 Å². The minimum Gasteiger partial charge on any atom is -0.508 e. The number of hydrogen-bond donors (Lipinski definition) is 2. The van der Waals surface area contributed by atoms with Crippen molar-refractivity contribution >= 4 is 17.7 Å². The van der Waals surface area contributed by atoms with Gasteiger partial charge in [0.1, 0.15) is 17.2 Å². The van der Waals surface area contributed by atoms with E-state index in [4.69, 9.17) is 21.1 Å². The van der Waals surface area contributed by atoms with Gasteiger partial charge in [-0.3, -0.25) is 0 Å². The van der Waals surface area contributed by atoms with E-state index >= 15 is 0 Å². The summed E-state index contributed by atoms with van der Waals surface area (Å²) >= 11 is 6.30. The van der Waals surface area contributed by atoms with Crippen LogP contribution < -0.4 is 10.1 Å². The van der Waals surface area contributed by atoms with E-state index in [1.807, 2.05) is 19.2 Å². The largest absolute Gasteiger partial charge is 0.508 e. The number of rotatable bonds is 2. The molecule has 0 aliphatic carbocycles. The zero-order chi connectivity index (χ0) is 19.2. The van der Waals surface area contributed by atoms with Gasteiger partial charge in [-0.15, -0.1) is 0 Å². The molecule has 142 valence electrons. The van der Waals surface area contributed by atoms with Crippen LogP contribution in [0.15, 0.2) is 36.4 Å². The monoisotopic (exact) mass is 388 g/mol. The van der Waals surface area contributed by atoms with E-state index in [0.29, 0.717) is 36.2 Å². The van der Waals surface area contributed by atoms with Crippen LogP contribution in [0.3, 0.4) is 0 Å². The molecule has 0 aromatic heterocycles. The van der Waals surface area contributed by atoms with Crippen LogP contribution in [-0.2, 0) is 10.3 Å². The number of ether oxygens (including phenoxy) is 2. The molecule has 0 bridgehead atoms. The Kier molecular flexibility index (Phi) is 4.40. The van der Waals surface area contributed by atoms with Crippen molar-refractivity contribution in [2.75, 3.05) is 26.7 Å². The topological polar surface area (TPSA) is 71.0 Å². The summed E-state index contributed by atoms with van der Waals surface area (Å²) in [6.07, 6.45) is -0.355. The Morgan fingerprint density at radius 1 is 1.37 bits per heavy atom. The first-order valence-electron chi connectivity index (χ1n) is 8.90. The molecule has 2 aliphatic heterocycles. The summed E-state index contributed by atoms with van der Waals surface area (Å²) in [5, 5.41) is 14.1. The number of carbonyl (C=O) groups is 1. The van der Waals surface area contributed by atoms with Gasteiger partial charge >= 0.3 is 6.09 Å². The van der Waals surface area contributed by atoms with Crippen molar-refractivity contribution in [3.8, 4) is 17.2 Å². The first-order chi connectivity index (χ1) is 13.0. The van der Waals surface area contributed by atoms with E-state index in [0.717, 1.165) is 11.1 Å². The van der Waals surface area contributed by atoms with Crippen molar-refractivity contribution in [1.82, 2.24) is 10.2 Å². The fourth-order valence-electron chi connectivity index (χ4n) is 4.19. The predicted octanol–water partition coefficient (Wildman–Crippen LogP) is 3.82. The Hall–Kier alpha value is -2.44. The number of nitrogens with one attached hydrogen (secondary N) is 1. The lowest BCUT2D eigenvalue weighted by Gasteiger charge is -2.34. The first-order valence-corrected chi connectivity index (χ1v) is 9.27. The van der Waals surface area contributed by atoms with Gasteiger partial charge in [-0.2, -0.15) is 0 Å². The molecular formula is C20H21ClN2O4. The van der Waals surface area contributed by atoms with Crippen molar-refractivity contribution in [3.63, 3.8) is 0 Å². The van der Waals surface area contributed by atoms with E-state index in [1.54, 1.807) is 36.1 Å². The van der Waals surface area contributed by atoms with Gasteiger partial charge in [-0.25, -0.2) is 4.79 Å². The summed E-state index contributed by atoms with van der Waals surface area (Å²) < 4.78 is 11.4. The number of likely N-dealkylation sites (N-methyl/N-ethyl adjacent to an activating group) is 1. The number of nitrogens with zero attached hydrogens (tertiary/aromatic N) is 1. The molecule has 2 aliphatic rings. The Bertz CT molecular complexity index is 904. The second-order valence-corrected chi connectivity index (χ2v) is 7.25. The maximum atomic E-state index is 12.5. The summed E-state index contributed by atoms with van der Waals surface area (Å²) in [6, 6.07) is 10.5. The molecule has 2 heterocycles. The van der Waals surface area contributed by atoms with E-state index in [-0.39, 0.29) is 17.8 Å². The second-order valence-electron chi connectivity index (χ2n) is 6.82. The van der Waals surface area contributed by atoms with Crippen molar-refractivity contribution in [1.29, 1.82) is 0 Å². The first kappa shape index (κ1) is 17.9. The van der Waals surface area contributed by atoms with Crippen LogP contribution >= 0.6 is 11.6 Å². The molecule has 2 aromatic rings. The number of likely N-dealkylation sites (tertiary alicyclic amines) is 1. The van der Waals surface area contributed by atoms with Gasteiger partial charge in [0.25, 0.3) is 0 Å². The molecule has 2 aromatic carbocycles. The summed E-state index contributed by atoms with van der Waals surface area (Å²) in [5.74, 6) is 1.34. The smallest absolute Gasteiger partial charge is 0.409 e. The lowest BCUT2D eigenvalue weighted by molar-refractivity contribution is 0.112. The van der Waals surface area contributed by atoms with Gasteiger partial charge < -0.3 is 24.8 Å². The Morgan fingerprint density at radius 3 is 2.89 bits per heavy atom. The highest BCUT2D eigenvalue weighted by molar-refractivity contribution is 6.30. The van der Waals surface area contributed by atoms with Crippen LogP contribution in [0.1, 0.15) is 24.0 Å². The minimum absolute atomic E-state index is 0.145. The maximum Gasteiger partial charge on any atom is 0.409 e. The third kappa shape index (κ3) is 2.80. The predicted molar refractivity (Wildman–Crippen MR) is 102 cm³/mol. The molecule has 27 heavy (non-hydrogen) atoms. The van der Waals surface area contributed by atoms with Crippen LogP contribution in [0, 0.1) is 0 Å². The summed E-state index contributed by atoms with van der Waals surface area (Å²) in [5.41, 5.74) is 1.10. The molecule has 0 radical (unpaired) electrons. The number of phenolic OH excluding ortho intramolecular Hbond substituents is 1. The Morgan fingerprint density at radius 2 is 2.15 bits per heavy atom. The number of halogens is 1. The van der Waals surface area contributed by atoms with E-state index in [9.17, 15) is 9.90 Å².